The maximum atomic E-state index is 12.0. The third-order valence-corrected chi connectivity index (χ3v) is 4.68. The van der Waals surface area contributed by atoms with E-state index in [0.717, 1.165) is 15.2 Å². The summed E-state index contributed by atoms with van der Waals surface area (Å²) in [5.74, 6) is 1.03. The van der Waals surface area contributed by atoms with E-state index in [0.29, 0.717) is 30.2 Å². The summed E-state index contributed by atoms with van der Waals surface area (Å²) in [6, 6.07) is 9.17. The molecular formula is C16H19BrN2O3S. The van der Waals surface area contributed by atoms with Crippen LogP contribution in [0.2, 0.25) is 0 Å². The average molecular weight is 399 g/mol. The first-order valence-electron chi connectivity index (χ1n) is 7.12. The largest absolute Gasteiger partial charge is 0.493 e. The van der Waals surface area contributed by atoms with E-state index >= 15 is 0 Å². The molecule has 2 rings (SSSR count). The van der Waals surface area contributed by atoms with Gasteiger partial charge in [-0.2, -0.15) is 0 Å². The topological polar surface area (TPSA) is 59.6 Å². The van der Waals surface area contributed by atoms with E-state index in [1.807, 2.05) is 19.2 Å². The number of hydrogen-bond donors (Lipinski definition) is 2. The minimum Gasteiger partial charge on any atom is -0.493 e. The Bertz CT molecular complexity index is 661. The van der Waals surface area contributed by atoms with Gasteiger partial charge in [0.2, 0.25) is 0 Å². The Morgan fingerprint density at radius 1 is 1.22 bits per heavy atom. The van der Waals surface area contributed by atoms with Gasteiger partial charge in [-0.15, -0.1) is 11.3 Å². The SMILES string of the molecule is CNCCNC(=O)c1ccc(OCc2ccc(Br)s2)c(OC)c1. The van der Waals surface area contributed by atoms with Crippen LogP contribution in [0.5, 0.6) is 11.5 Å². The number of carbonyl (C=O) groups is 1. The van der Waals surface area contributed by atoms with Gasteiger partial charge in [-0.1, -0.05) is 0 Å². The fourth-order valence-corrected chi connectivity index (χ4v) is 3.31. The van der Waals surface area contributed by atoms with Crippen molar-refractivity contribution >= 4 is 33.2 Å². The minimum atomic E-state index is -0.132. The van der Waals surface area contributed by atoms with Crippen LogP contribution in [-0.4, -0.2) is 33.2 Å². The van der Waals surface area contributed by atoms with Crippen LogP contribution in [0.3, 0.4) is 0 Å². The Hall–Kier alpha value is -1.57. The normalized spacial score (nSPS) is 10.4. The minimum absolute atomic E-state index is 0.132. The second-order valence-electron chi connectivity index (χ2n) is 4.72. The van der Waals surface area contributed by atoms with E-state index in [-0.39, 0.29) is 5.91 Å². The zero-order valence-electron chi connectivity index (χ0n) is 13.0. The summed E-state index contributed by atoms with van der Waals surface area (Å²) in [4.78, 5) is 13.1. The standard InChI is InChI=1S/C16H19BrN2O3S/c1-18-7-8-19-16(20)11-3-5-13(14(9-11)21-2)22-10-12-4-6-15(17)23-12/h3-6,9,18H,7-8,10H2,1-2H3,(H,19,20). The molecule has 0 spiro atoms. The average Bonchev–Trinajstić information content (AvgIpc) is 2.98. The predicted molar refractivity (Wildman–Crippen MR) is 95.6 cm³/mol. The van der Waals surface area contributed by atoms with Crippen molar-refractivity contribution < 1.29 is 14.3 Å². The Morgan fingerprint density at radius 3 is 2.70 bits per heavy atom. The molecule has 1 amide bonds. The zero-order chi connectivity index (χ0) is 16.7. The molecule has 1 aromatic carbocycles. The van der Waals surface area contributed by atoms with E-state index in [2.05, 4.69) is 26.6 Å². The van der Waals surface area contributed by atoms with E-state index in [9.17, 15) is 4.79 Å². The van der Waals surface area contributed by atoms with Gasteiger partial charge in [0.05, 0.1) is 10.9 Å². The van der Waals surface area contributed by atoms with Gasteiger partial charge in [0.1, 0.15) is 6.61 Å². The summed E-state index contributed by atoms with van der Waals surface area (Å²) < 4.78 is 12.2. The lowest BCUT2D eigenvalue weighted by Crippen LogP contribution is -2.30. The van der Waals surface area contributed by atoms with Crippen LogP contribution in [0.25, 0.3) is 0 Å². The van der Waals surface area contributed by atoms with E-state index < -0.39 is 0 Å². The summed E-state index contributed by atoms with van der Waals surface area (Å²) in [6.45, 7) is 1.75. The molecule has 0 bridgehead atoms. The zero-order valence-corrected chi connectivity index (χ0v) is 15.4. The van der Waals surface area contributed by atoms with E-state index in [4.69, 9.17) is 9.47 Å². The van der Waals surface area contributed by atoms with Crippen LogP contribution in [0, 0.1) is 0 Å². The fourth-order valence-electron chi connectivity index (χ4n) is 1.91. The van der Waals surface area contributed by atoms with Crippen LogP contribution in [-0.2, 0) is 6.61 Å². The second kappa shape index (κ2) is 8.90. The number of hydrogen-bond acceptors (Lipinski definition) is 5. The highest BCUT2D eigenvalue weighted by atomic mass is 79.9. The van der Waals surface area contributed by atoms with Gasteiger partial charge in [-0.05, 0) is 53.3 Å². The molecular weight excluding hydrogens is 380 g/mol. The first-order chi connectivity index (χ1) is 11.1. The number of halogens is 1. The Morgan fingerprint density at radius 2 is 2.04 bits per heavy atom. The smallest absolute Gasteiger partial charge is 0.251 e. The highest BCUT2D eigenvalue weighted by molar-refractivity contribution is 9.11. The number of rotatable bonds is 8. The third-order valence-electron chi connectivity index (χ3n) is 3.09. The van der Waals surface area contributed by atoms with Gasteiger partial charge in [0.15, 0.2) is 11.5 Å². The number of carbonyl (C=O) groups excluding carboxylic acids is 1. The monoisotopic (exact) mass is 398 g/mol. The fraction of sp³-hybridized carbons (Fsp3) is 0.312. The highest BCUT2D eigenvalue weighted by Gasteiger charge is 2.11. The third kappa shape index (κ3) is 5.23. The van der Waals surface area contributed by atoms with Crippen molar-refractivity contribution in [3.63, 3.8) is 0 Å². The molecule has 124 valence electrons. The molecule has 2 N–H and O–H groups in total. The molecule has 0 fully saturated rings. The van der Waals surface area contributed by atoms with Crippen LogP contribution < -0.4 is 20.1 Å². The van der Waals surface area contributed by atoms with Crippen LogP contribution in [0.15, 0.2) is 34.1 Å². The lowest BCUT2D eigenvalue weighted by Gasteiger charge is -2.12. The molecule has 1 aromatic heterocycles. The number of ether oxygens (including phenoxy) is 2. The number of thiophene rings is 1. The summed E-state index contributed by atoms with van der Waals surface area (Å²) >= 11 is 5.05. The molecule has 23 heavy (non-hydrogen) atoms. The van der Waals surface area contributed by atoms with Gasteiger partial charge in [-0.3, -0.25) is 4.79 Å². The number of likely N-dealkylation sites (N-methyl/N-ethyl adjacent to an activating group) is 1. The lowest BCUT2D eigenvalue weighted by molar-refractivity contribution is 0.0953. The Labute approximate surface area is 148 Å². The first-order valence-corrected chi connectivity index (χ1v) is 8.73. The molecule has 0 radical (unpaired) electrons. The van der Waals surface area contributed by atoms with Gasteiger partial charge >= 0.3 is 0 Å². The number of nitrogens with one attached hydrogen (secondary N) is 2. The predicted octanol–water partition coefficient (Wildman–Crippen LogP) is 3.05. The van der Waals surface area contributed by atoms with Crippen molar-refractivity contribution in [3.05, 3.63) is 44.6 Å². The molecule has 0 aliphatic carbocycles. The molecule has 0 atom stereocenters. The lowest BCUT2D eigenvalue weighted by atomic mass is 10.2. The Kier molecular flexibility index (Phi) is 6.88. The number of methoxy groups -OCH3 is 1. The van der Waals surface area contributed by atoms with Crippen molar-refractivity contribution in [3.8, 4) is 11.5 Å². The van der Waals surface area contributed by atoms with Crippen LogP contribution in [0.4, 0.5) is 0 Å². The maximum Gasteiger partial charge on any atom is 0.251 e. The van der Waals surface area contributed by atoms with E-state index in [1.54, 1.807) is 36.6 Å². The molecule has 0 saturated heterocycles. The molecule has 0 aliphatic heterocycles. The number of amides is 1. The summed E-state index contributed by atoms with van der Waals surface area (Å²) in [7, 11) is 3.40. The van der Waals surface area contributed by atoms with Gasteiger partial charge < -0.3 is 20.1 Å². The first kappa shape index (κ1) is 17.8. The van der Waals surface area contributed by atoms with Crippen molar-refractivity contribution in [2.45, 2.75) is 6.61 Å². The van der Waals surface area contributed by atoms with Crippen LogP contribution in [0.1, 0.15) is 15.2 Å². The van der Waals surface area contributed by atoms with Crippen molar-refractivity contribution in [1.82, 2.24) is 10.6 Å². The highest BCUT2D eigenvalue weighted by Crippen LogP contribution is 2.30. The van der Waals surface area contributed by atoms with E-state index in [1.165, 1.54) is 0 Å². The van der Waals surface area contributed by atoms with Crippen molar-refractivity contribution in [2.75, 3.05) is 27.2 Å². The van der Waals surface area contributed by atoms with Gasteiger partial charge in [0, 0.05) is 23.5 Å². The number of benzene rings is 1. The molecule has 5 nitrogen and oxygen atoms in total. The van der Waals surface area contributed by atoms with Gasteiger partial charge in [-0.25, -0.2) is 0 Å². The van der Waals surface area contributed by atoms with Crippen LogP contribution >= 0.6 is 27.3 Å². The maximum absolute atomic E-state index is 12.0. The molecule has 0 saturated carbocycles. The second-order valence-corrected chi connectivity index (χ2v) is 7.27. The quantitative estimate of drug-likeness (QED) is 0.670. The molecule has 1 heterocycles. The molecule has 0 aliphatic rings. The molecule has 2 aromatic rings. The molecule has 0 unspecified atom stereocenters. The summed E-state index contributed by atoms with van der Waals surface area (Å²) in [6.07, 6.45) is 0. The summed E-state index contributed by atoms with van der Waals surface area (Å²) in [5.41, 5.74) is 0.546. The summed E-state index contributed by atoms with van der Waals surface area (Å²) in [5, 5.41) is 5.81. The Balaban J connectivity index is 2.02. The van der Waals surface area contributed by atoms with Gasteiger partial charge in [0.25, 0.3) is 5.91 Å². The molecule has 7 heteroatoms. The van der Waals surface area contributed by atoms with Crippen molar-refractivity contribution in [2.24, 2.45) is 0 Å². The van der Waals surface area contributed by atoms with Crippen molar-refractivity contribution in [1.29, 1.82) is 0 Å².